The predicted octanol–water partition coefficient (Wildman–Crippen LogP) is 1.66. The van der Waals surface area contributed by atoms with Crippen LogP contribution in [0.1, 0.15) is 12.5 Å². The van der Waals surface area contributed by atoms with E-state index in [9.17, 15) is 4.79 Å². The third kappa shape index (κ3) is 2.71. The largest absolute Gasteiger partial charge is 0.493 e. The standard InChI is InChI=1S/C10H11NO2/c1-8(12)10(13-2)7-9-3-5-11-6-4-9/h3-7H,1-2H3/b10-7-. The van der Waals surface area contributed by atoms with Crippen molar-refractivity contribution in [1.82, 2.24) is 4.98 Å². The molecule has 0 radical (unpaired) electrons. The van der Waals surface area contributed by atoms with Crippen molar-refractivity contribution in [2.45, 2.75) is 6.92 Å². The van der Waals surface area contributed by atoms with E-state index < -0.39 is 0 Å². The molecule has 0 spiro atoms. The number of carbonyl (C=O) groups is 1. The number of aromatic nitrogens is 1. The normalized spacial score (nSPS) is 11.1. The second-order valence-corrected chi connectivity index (χ2v) is 2.55. The number of ketones is 1. The van der Waals surface area contributed by atoms with Crippen LogP contribution in [0.2, 0.25) is 0 Å². The molecule has 0 unspecified atom stereocenters. The summed E-state index contributed by atoms with van der Waals surface area (Å²) in [5.41, 5.74) is 0.905. The molecule has 1 aromatic rings. The minimum absolute atomic E-state index is 0.0840. The molecule has 0 saturated heterocycles. The smallest absolute Gasteiger partial charge is 0.194 e. The lowest BCUT2D eigenvalue weighted by atomic mass is 10.2. The van der Waals surface area contributed by atoms with Crippen LogP contribution in [0.15, 0.2) is 30.3 Å². The van der Waals surface area contributed by atoms with Crippen LogP contribution in [-0.2, 0) is 9.53 Å². The number of Topliss-reactive ketones (excluding diaryl/α,β-unsaturated/α-hetero) is 1. The van der Waals surface area contributed by atoms with E-state index in [1.54, 1.807) is 18.5 Å². The van der Waals surface area contributed by atoms with Crippen molar-refractivity contribution in [1.29, 1.82) is 0 Å². The topological polar surface area (TPSA) is 39.2 Å². The van der Waals surface area contributed by atoms with Crippen LogP contribution in [-0.4, -0.2) is 17.9 Å². The van der Waals surface area contributed by atoms with Crippen LogP contribution in [0, 0.1) is 0 Å². The van der Waals surface area contributed by atoms with E-state index in [1.165, 1.54) is 14.0 Å². The summed E-state index contributed by atoms with van der Waals surface area (Å²) in [6.07, 6.45) is 5.02. The predicted molar refractivity (Wildman–Crippen MR) is 49.9 cm³/mol. The van der Waals surface area contributed by atoms with Crippen molar-refractivity contribution in [2.24, 2.45) is 0 Å². The van der Waals surface area contributed by atoms with Gasteiger partial charge >= 0.3 is 0 Å². The van der Waals surface area contributed by atoms with Gasteiger partial charge in [-0.15, -0.1) is 0 Å². The summed E-state index contributed by atoms with van der Waals surface area (Å²) in [5.74, 6) is 0.269. The van der Waals surface area contributed by atoms with E-state index in [0.717, 1.165) is 5.56 Å². The van der Waals surface area contributed by atoms with E-state index in [1.807, 2.05) is 12.1 Å². The molecule has 0 N–H and O–H groups in total. The van der Waals surface area contributed by atoms with Crippen molar-refractivity contribution < 1.29 is 9.53 Å². The molecule has 1 heterocycles. The van der Waals surface area contributed by atoms with E-state index >= 15 is 0 Å². The van der Waals surface area contributed by atoms with Crippen LogP contribution >= 0.6 is 0 Å². The monoisotopic (exact) mass is 177 g/mol. The van der Waals surface area contributed by atoms with Crippen molar-refractivity contribution in [2.75, 3.05) is 7.11 Å². The van der Waals surface area contributed by atoms with Crippen molar-refractivity contribution in [3.05, 3.63) is 35.8 Å². The number of rotatable bonds is 3. The van der Waals surface area contributed by atoms with Crippen LogP contribution < -0.4 is 0 Å². The summed E-state index contributed by atoms with van der Waals surface area (Å²) in [7, 11) is 1.48. The Balaban J connectivity index is 2.92. The quantitative estimate of drug-likeness (QED) is 0.520. The number of allylic oxidation sites excluding steroid dienone is 1. The lowest BCUT2D eigenvalue weighted by Gasteiger charge is -2.00. The summed E-state index contributed by atoms with van der Waals surface area (Å²) in [5, 5.41) is 0. The van der Waals surface area contributed by atoms with Crippen molar-refractivity contribution in [3.63, 3.8) is 0 Å². The summed E-state index contributed by atoms with van der Waals surface area (Å²) >= 11 is 0. The molecule has 0 amide bonds. The Morgan fingerprint density at radius 1 is 1.46 bits per heavy atom. The number of nitrogens with zero attached hydrogens (tertiary/aromatic N) is 1. The van der Waals surface area contributed by atoms with Gasteiger partial charge in [-0.3, -0.25) is 9.78 Å². The molecule has 3 heteroatoms. The lowest BCUT2D eigenvalue weighted by molar-refractivity contribution is -0.116. The third-order valence-corrected chi connectivity index (χ3v) is 1.57. The van der Waals surface area contributed by atoms with E-state index in [2.05, 4.69) is 4.98 Å². The van der Waals surface area contributed by atoms with E-state index in [4.69, 9.17) is 4.74 Å². The fraction of sp³-hybridized carbons (Fsp3) is 0.200. The first kappa shape index (κ1) is 9.45. The van der Waals surface area contributed by atoms with Gasteiger partial charge in [-0.25, -0.2) is 0 Å². The van der Waals surface area contributed by atoms with Gasteiger partial charge in [0.2, 0.25) is 0 Å². The molecule has 0 aromatic carbocycles. The number of methoxy groups -OCH3 is 1. The van der Waals surface area contributed by atoms with E-state index in [0.29, 0.717) is 5.76 Å². The maximum atomic E-state index is 11.0. The molecule has 13 heavy (non-hydrogen) atoms. The van der Waals surface area contributed by atoms with Crippen molar-refractivity contribution >= 4 is 11.9 Å². The Morgan fingerprint density at radius 2 is 2.08 bits per heavy atom. The first-order chi connectivity index (χ1) is 6.24. The molecule has 1 aromatic heterocycles. The highest BCUT2D eigenvalue weighted by Gasteiger charge is 2.01. The maximum Gasteiger partial charge on any atom is 0.194 e. The fourth-order valence-corrected chi connectivity index (χ4v) is 0.915. The highest BCUT2D eigenvalue weighted by molar-refractivity contribution is 5.95. The Bertz CT molecular complexity index is 317. The molecule has 0 atom stereocenters. The van der Waals surface area contributed by atoms with Gasteiger partial charge in [0.05, 0.1) is 7.11 Å². The van der Waals surface area contributed by atoms with Gasteiger partial charge in [0.15, 0.2) is 11.5 Å². The molecule has 0 aliphatic rings. The second kappa shape index (κ2) is 4.40. The SMILES string of the molecule is CO/C(=C\c1ccncc1)C(C)=O. The van der Waals surface area contributed by atoms with Gasteiger partial charge in [-0.05, 0) is 23.8 Å². The number of hydrogen-bond donors (Lipinski definition) is 0. The van der Waals surface area contributed by atoms with Crippen LogP contribution in [0.3, 0.4) is 0 Å². The van der Waals surface area contributed by atoms with Gasteiger partial charge < -0.3 is 4.74 Å². The zero-order valence-corrected chi connectivity index (χ0v) is 7.65. The minimum atomic E-state index is -0.0840. The molecule has 0 aliphatic heterocycles. The summed E-state index contributed by atoms with van der Waals surface area (Å²) in [6, 6.07) is 3.62. The highest BCUT2D eigenvalue weighted by atomic mass is 16.5. The summed E-state index contributed by atoms with van der Waals surface area (Å²) in [4.78, 5) is 14.8. The minimum Gasteiger partial charge on any atom is -0.493 e. The van der Waals surface area contributed by atoms with Crippen LogP contribution in [0.5, 0.6) is 0 Å². The number of pyridine rings is 1. The van der Waals surface area contributed by atoms with E-state index in [-0.39, 0.29) is 5.78 Å². The van der Waals surface area contributed by atoms with Gasteiger partial charge in [-0.2, -0.15) is 0 Å². The number of carbonyl (C=O) groups excluding carboxylic acids is 1. The van der Waals surface area contributed by atoms with Gasteiger partial charge in [0.25, 0.3) is 0 Å². The molecule has 0 fully saturated rings. The highest BCUT2D eigenvalue weighted by Crippen LogP contribution is 2.06. The fourth-order valence-electron chi connectivity index (χ4n) is 0.915. The average molecular weight is 177 g/mol. The third-order valence-electron chi connectivity index (χ3n) is 1.57. The zero-order chi connectivity index (χ0) is 9.68. The molecule has 0 saturated carbocycles. The van der Waals surface area contributed by atoms with Gasteiger partial charge in [0.1, 0.15) is 0 Å². The lowest BCUT2D eigenvalue weighted by Crippen LogP contribution is -1.98. The molecule has 1 rings (SSSR count). The average Bonchev–Trinajstić information content (AvgIpc) is 2.15. The Morgan fingerprint density at radius 3 is 2.54 bits per heavy atom. The Labute approximate surface area is 77.1 Å². The van der Waals surface area contributed by atoms with Crippen LogP contribution in [0.25, 0.3) is 6.08 Å². The first-order valence-electron chi connectivity index (χ1n) is 3.90. The van der Waals surface area contributed by atoms with Gasteiger partial charge in [0, 0.05) is 19.3 Å². The summed E-state index contributed by atoms with van der Waals surface area (Å²) in [6.45, 7) is 1.47. The Kier molecular flexibility index (Phi) is 3.20. The second-order valence-electron chi connectivity index (χ2n) is 2.55. The maximum absolute atomic E-state index is 11.0. The molecule has 0 aliphatic carbocycles. The zero-order valence-electron chi connectivity index (χ0n) is 7.65. The van der Waals surface area contributed by atoms with Crippen molar-refractivity contribution in [3.8, 4) is 0 Å². The first-order valence-corrected chi connectivity index (χ1v) is 3.90. The Hall–Kier alpha value is -1.64. The van der Waals surface area contributed by atoms with Crippen LogP contribution in [0.4, 0.5) is 0 Å². The molecular weight excluding hydrogens is 166 g/mol. The molecule has 3 nitrogen and oxygen atoms in total. The van der Waals surface area contributed by atoms with Gasteiger partial charge in [-0.1, -0.05) is 0 Å². The number of ether oxygens (including phenoxy) is 1. The molecular formula is C10H11NO2. The molecule has 68 valence electrons. The summed E-state index contributed by atoms with van der Waals surface area (Å²) < 4.78 is 4.91. The number of hydrogen-bond acceptors (Lipinski definition) is 3. The molecule has 0 bridgehead atoms.